The molecule has 1 aromatic heterocycles. The molecule has 0 spiro atoms. The third-order valence-corrected chi connectivity index (χ3v) is 5.49. The number of thiazole rings is 1. The highest BCUT2D eigenvalue weighted by Crippen LogP contribution is 2.35. The Bertz CT molecular complexity index is 1030. The van der Waals surface area contributed by atoms with Crippen LogP contribution in [-0.4, -0.2) is 36.2 Å². The smallest absolute Gasteiger partial charge is 0.330 e. The predicted octanol–water partition coefficient (Wildman–Crippen LogP) is 3.69. The summed E-state index contributed by atoms with van der Waals surface area (Å²) in [4.78, 5) is 29.3. The second-order valence-corrected chi connectivity index (χ2v) is 7.16. The van der Waals surface area contributed by atoms with E-state index in [1.165, 1.54) is 11.3 Å². The van der Waals surface area contributed by atoms with Crippen LogP contribution in [0.2, 0.25) is 0 Å². The van der Waals surface area contributed by atoms with Crippen LogP contribution in [0.1, 0.15) is 27.0 Å². The quantitative estimate of drug-likeness (QED) is 0.614. The number of hydrogen-bond acceptors (Lipinski definition) is 6. The predicted molar refractivity (Wildman–Crippen MR) is 110 cm³/mol. The molecule has 0 saturated heterocycles. The van der Waals surface area contributed by atoms with Gasteiger partial charge in [-0.15, -0.1) is 11.3 Å². The summed E-state index contributed by atoms with van der Waals surface area (Å²) in [7, 11) is 3.10. The highest BCUT2D eigenvalue weighted by Gasteiger charge is 2.25. The van der Waals surface area contributed by atoms with Gasteiger partial charge >= 0.3 is 5.97 Å². The van der Waals surface area contributed by atoms with Crippen molar-refractivity contribution in [2.24, 2.45) is 0 Å². The molecule has 0 aliphatic carbocycles. The van der Waals surface area contributed by atoms with E-state index in [1.54, 1.807) is 63.6 Å². The number of carbonyl (C=O) groups excluding carboxylic acids is 1. The highest BCUT2D eigenvalue weighted by atomic mass is 32.1. The molecule has 2 N–H and O–H groups in total. The molecule has 3 aromatic rings. The first-order valence-electron chi connectivity index (χ1n) is 8.73. The molecule has 0 aliphatic rings. The fraction of sp³-hybridized carbons (Fsp3) is 0.190. The molecule has 0 radical (unpaired) electrons. The molecule has 1 atom stereocenters. The zero-order chi connectivity index (χ0) is 21.0. The van der Waals surface area contributed by atoms with Crippen molar-refractivity contribution in [3.05, 3.63) is 64.7 Å². The van der Waals surface area contributed by atoms with E-state index in [4.69, 9.17) is 9.47 Å². The van der Waals surface area contributed by atoms with Gasteiger partial charge in [0.2, 0.25) is 0 Å². The molecule has 150 valence electrons. The number of ether oxygens (including phenoxy) is 2. The van der Waals surface area contributed by atoms with Crippen molar-refractivity contribution in [2.45, 2.75) is 13.0 Å². The molecule has 3 rings (SSSR count). The number of aryl methyl sites for hydroxylation is 1. The van der Waals surface area contributed by atoms with E-state index in [0.29, 0.717) is 32.6 Å². The summed E-state index contributed by atoms with van der Waals surface area (Å²) >= 11 is 1.19. The minimum absolute atomic E-state index is 0.358. The minimum Gasteiger partial charge on any atom is -0.493 e. The topological polar surface area (TPSA) is 97.8 Å². The van der Waals surface area contributed by atoms with Gasteiger partial charge in [-0.1, -0.05) is 30.3 Å². The van der Waals surface area contributed by atoms with Crippen molar-refractivity contribution in [3.63, 3.8) is 0 Å². The maximum atomic E-state index is 12.8. The van der Waals surface area contributed by atoms with Crippen LogP contribution in [0, 0.1) is 6.92 Å². The van der Waals surface area contributed by atoms with Crippen LogP contribution in [0.4, 0.5) is 0 Å². The third kappa shape index (κ3) is 4.38. The van der Waals surface area contributed by atoms with Crippen molar-refractivity contribution in [1.82, 2.24) is 10.3 Å². The van der Waals surface area contributed by atoms with Gasteiger partial charge in [-0.2, -0.15) is 0 Å². The summed E-state index contributed by atoms with van der Waals surface area (Å²) in [5.41, 5.74) is 1.79. The Morgan fingerprint density at radius 2 is 1.76 bits per heavy atom. The third-order valence-electron chi connectivity index (χ3n) is 4.29. The molecule has 7 nitrogen and oxygen atoms in total. The Labute approximate surface area is 171 Å². The summed E-state index contributed by atoms with van der Waals surface area (Å²) in [5.74, 6) is -0.469. The first-order chi connectivity index (χ1) is 13.9. The van der Waals surface area contributed by atoms with Crippen molar-refractivity contribution in [2.75, 3.05) is 14.2 Å². The second-order valence-electron chi connectivity index (χ2n) is 6.16. The summed E-state index contributed by atoms with van der Waals surface area (Å²) in [5, 5.41) is 12.7. The van der Waals surface area contributed by atoms with E-state index in [2.05, 4.69) is 10.3 Å². The molecule has 0 aliphatic heterocycles. The maximum Gasteiger partial charge on any atom is 0.330 e. The number of carboxylic acids is 1. The maximum absolute atomic E-state index is 12.8. The molecular formula is C21H20N2O5S. The Morgan fingerprint density at radius 1 is 1.07 bits per heavy atom. The van der Waals surface area contributed by atoms with Crippen molar-refractivity contribution in [3.8, 4) is 22.1 Å². The molecule has 29 heavy (non-hydrogen) atoms. The van der Waals surface area contributed by atoms with Gasteiger partial charge in [-0.25, -0.2) is 9.78 Å². The molecule has 0 unspecified atom stereocenters. The summed E-state index contributed by atoms with van der Waals surface area (Å²) < 4.78 is 10.6. The second kappa shape index (κ2) is 8.74. The van der Waals surface area contributed by atoms with Crippen molar-refractivity contribution < 1.29 is 24.2 Å². The van der Waals surface area contributed by atoms with Crippen LogP contribution in [-0.2, 0) is 4.79 Å². The molecule has 1 heterocycles. The Balaban J connectivity index is 1.88. The number of amides is 1. The summed E-state index contributed by atoms with van der Waals surface area (Å²) in [6, 6.07) is 12.8. The van der Waals surface area contributed by atoms with Gasteiger partial charge in [-0.3, -0.25) is 4.79 Å². The lowest BCUT2D eigenvalue weighted by molar-refractivity contribution is -0.139. The zero-order valence-electron chi connectivity index (χ0n) is 16.1. The number of aromatic nitrogens is 1. The standard InChI is InChI=1S/C21H20N2O5S/c1-12-18(19(24)23-17(21(25)26)13-7-5-4-6-8-13)29-20(22-12)14-9-10-15(27-2)16(11-14)28-3/h4-11,17H,1-3H3,(H,23,24)(H,25,26)/t17-/m1/s1. The number of rotatable bonds is 7. The van der Waals surface area contributed by atoms with E-state index < -0.39 is 17.9 Å². The zero-order valence-corrected chi connectivity index (χ0v) is 16.9. The Morgan fingerprint density at radius 3 is 2.38 bits per heavy atom. The fourth-order valence-corrected chi connectivity index (χ4v) is 3.80. The minimum atomic E-state index is -1.14. The lowest BCUT2D eigenvalue weighted by atomic mass is 10.1. The lowest BCUT2D eigenvalue weighted by Gasteiger charge is -2.14. The van der Waals surface area contributed by atoms with Crippen LogP contribution in [0.15, 0.2) is 48.5 Å². The summed E-state index contributed by atoms with van der Waals surface area (Å²) in [6.07, 6.45) is 0. The van der Waals surface area contributed by atoms with Crippen LogP contribution < -0.4 is 14.8 Å². The van der Waals surface area contributed by atoms with Crippen LogP contribution in [0.25, 0.3) is 10.6 Å². The molecule has 1 amide bonds. The normalized spacial score (nSPS) is 11.6. The molecular weight excluding hydrogens is 392 g/mol. The van der Waals surface area contributed by atoms with E-state index in [9.17, 15) is 14.7 Å². The number of benzene rings is 2. The van der Waals surface area contributed by atoms with Crippen molar-refractivity contribution in [1.29, 1.82) is 0 Å². The average Bonchev–Trinajstić information content (AvgIpc) is 3.13. The molecule has 0 bridgehead atoms. The highest BCUT2D eigenvalue weighted by molar-refractivity contribution is 7.17. The van der Waals surface area contributed by atoms with Gasteiger partial charge in [0.15, 0.2) is 17.5 Å². The van der Waals surface area contributed by atoms with E-state index in [0.717, 1.165) is 5.56 Å². The van der Waals surface area contributed by atoms with Gasteiger partial charge in [0.05, 0.1) is 19.9 Å². The van der Waals surface area contributed by atoms with E-state index >= 15 is 0 Å². The van der Waals surface area contributed by atoms with Gasteiger partial charge in [-0.05, 0) is 30.7 Å². The van der Waals surface area contributed by atoms with Gasteiger partial charge < -0.3 is 19.9 Å². The van der Waals surface area contributed by atoms with Gasteiger partial charge in [0.1, 0.15) is 9.88 Å². The van der Waals surface area contributed by atoms with Crippen LogP contribution in [0.5, 0.6) is 11.5 Å². The molecule has 0 saturated carbocycles. The number of nitrogens with one attached hydrogen (secondary N) is 1. The Kier molecular flexibility index (Phi) is 6.13. The molecule has 2 aromatic carbocycles. The number of nitrogens with zero attached hydrogens (tertiary/aromatic N) is 1. The largest absolute Gasteiger partial charge is 0.493 e. The van der Waals surface area contributed by atoms with Gasteiger partial charge in [0, 0.05) is 5.56 Å². The van der Waals surface area contributed by atoms with E-state index in [1.807, 2.05) is 6.07 Å². The number of carboxylic acid groups (broad SMARTS) is 1. The van der Waals surface area contributed by atoms with E-state index in [-0.39, 0.29) is 0 Å². The van der Waals surface area contributed by atoms with Gasteiger partial charge in [0.25, 0.3) is 5.91 Å². The summed E-state index contributed by atoms with van der Waals surface area (Å²) in [6.45, 7) is 1.72. The average molecular weight is 412 g/mol. The van der Waals surface area contributed by atoms with Crippen LogP contribution >= 0.6 is 11.3 Å². The molecule has 8 heteroatoms. The van der Waals surface area contributed by atoms with Crippen LogP contribution in [0.3, 0.4) is 0 Å². The first-order valence-corrected chi connectivity index (χ1v) is 9.54. The first kappa shape index (κ1) is 20.3. The lowest BCUT2D eigenvalue weighted by Crippen LogP contribution is -2.33. The molecule has 0 fully saturated rings. The number of hydrogen-bond donors (Lipinski definition) is 2. The fourth-order valence-electron chi connectivity index (χ4n) is 2.83. The Hall–Kier alpha value is -3.39. The number of carbonyl (C=O) groups is 2. The SMILES string of the molecule is COc1ccc(-c2nc(C)c(C(=O)N[C@@H](C(=O)O)c3ccccc3)s2)cc1OC. The number of methoxy groups -OCH3 is 2. The van der Waals surface area contributed by atoms with Crippen molar-refractivity contribution >= 4 is 23.2 Å². The monoisotopic (exact) mass is 412 g/mol. The number of aliphatic carboxylic acids is 1.